The van der Waals surface area contributed by atoms with E-state index in [1.165, 1.54) is 6.42 Å². The number of carbonyl (C=O) groups excluding carboxylic acids is 1. The van der Waals surface area contributed by atoms with Crippen LogP contribution in [-0.4, -0.2) is 5.78 Å². The van der Waals surface area contributed by atoms with E-state index in [0.29, 0.717) is 22.5 Å². The van der Waals surface area contributed by atoms with E-state index in [1.54, 1.807) is 0 Å². The Kier molecular flexibility index (Phi) is 2.53. The van der Waals surface area contributed by atoms with Crippen molar-refractivity contribution in [1.29, 1.82) is 0 Å². The highest BCUT2D eigenvalue weighted by molar-refractivity contribution is 5.80. The zero-order valence-corrected chi connectivity index (χ0v) is 11.6. The van der Waals surface area contributed by atoms with Gasteiger partial charge in [0.2, 0.25) is 0 Å². The van der Waals surface area contributed by atoms with Crippen molar-refractivity contribution >= 4 is 5.78 Å². The molecule has 0 aliphatic heterocycles. The van der Waals surface area contributed by atoms with Gasteiger partial charge in [-0.2, -0.15) is 0 Å². The lowest BCUT2D eigenvalue weighted by molar-refractivity contribution is -0.123. The molecule has 0 saturated heterocycles. The van der Waals surface area contributed by atoms with Crippen molar-refractivity contribution in [3.05, 3.63) is 0 Å². The van der Waals surface area contributed by atoms with Crippen LogP contribution in [0.25, 0.3) is 0 Å². The second kappa shape index (κ2) is 3.34. The summed E-state index contributed by atoms with van der Waals surface area (Å²) in [6.07, 6.45) is 2.10. The SMILES string of the molecule is CC(C)C(=O)CC1CC2C(C)(C)C2(C)[C@H]1C. The van der Waals surface area contributed by atoms with Crippen LogP contribution in [-0.2, 0) is 4.79 Å². The lowest BCUT2D eigenvalue weighted by atomic mass is 9.76. The van der Waals surface area contributed by atoms with E-state index in [2.05, 4.69) is 27.7 Å². The smallest absolute Gasteiger partial charge is 0.135 e. The molecule has 0 aromatic rings. The summed E-state index contributed by atoms with van der Waals surface area (Å²) in [5.41, 5.74) is 1.03. The van der Waals surface area contributed by atoms with Gasteiger partial charge in [0.1, 0.15) is 5.78 Å². The highest BCUT2D eigenvalue weighted by Crippen LogP contribution is 2.79. The van der Waals surface area contributed by atoms with Crippen molar-refractivity contribution in [2.45, 2.75) is 54.4 Å². The van der Waals surface area contributed by atoms with Gasteiger partial charge >= 0.3 is 0 Å². The van der Waals surface area contributed by atoms with Gasteiger partial charge in [0.25, 0.3) is 0 Å². The van der Waals surface area contributed by atoms with Crippen LogP contribution in [0, 0.1) is 34.5 Å². The molecule has 1 heteroatoms. The summed E-state index contributed by atoms with van der Waals surface area (Å²) in [6, 6.07) is 0. The maximum atomic E-state index is 11.8. The van der Waals surface area contributed by atoms with Crippen LogP contribution in [0.15, 0.2) is 0 Å². The molecule has 2 saturated carbocycles. The second-order valence-corrected chi connectivity index (χ2v) is 7.17. The number of carbonyl (C=O) groups is 1. The highest BCUT2D eigenvalue weighted by atomic mass is 16.1. The molecule has 2 aliphatic carbocycles. The monoisotopic (exact) mass is 222 g/mol. The van der Waals surface area contributed by atoms with E-state index in [0.717, 1.165) is 18.3 Å². The van der Waals surface area contributed by atoms with Crippen LogP contribution in [0.1, 0.15) is 54.4 Å². The van der Waals surface area contributed by atoms with Gasteiger partial charge in [0.05, 0.1) is 0 Å². The topological polar surface area (TPSA) is 17.1 Å². The number of ketones is 1. The Bertz CT molecular complexity index is 315. The third-order valence-corrected chi connectivity index (χ3v) is 6.20. The van der Waals surface area contributed by atoms with Crippen LogP contribution in [0.4, 0.5) is 0 Å². The summed E-state index contributed by atoms with van der Waals surface area (Å²) >= 11 is 0. The third-order valence-electron chi connectivity index (χ3n) is 6.20. The van der Waals surface area contributed by atoms with E-state index in [4.69, 9.17) is 0 Å². The van der Waals surface area contributed by atoms with E-state index in [-0.39, 0.29) is 5.92 Å². The zero-order valence-electron chi connectivity index (χ0n) is 11.6. The van der Waals surface area contributed by atoms with Crippen molar-refractivity contribution < 1.29 is 4.79 Å². The summed E-state index contributed by atoms with van der Waals surface area (Å²) in [7, 11) is 0. The van der Waals surface area contributed by atoms with E-state index in [1.807, 2.05) is 13.8 Å². The molecule has 3 unspecified atom stereocenters. The summed E-state index contributed by atoms with van der Waals surface area (Å²) < 4.78 is 0. The number of rotatable bonds is 3. The Labute approximate surface area is 100.0 Å². The summed E-state index contributed by atoms with van der Waals surface area (Å²) in [5.74, 6) is 2.90. The molecule has 2 aliphatic rings. The average Bonchev–Trinajstić information content (AvgIpc) is 2.47. The fourth-order valence-corrected chi connectivity index (χ4v) is 4.33. The van der Waals surface area contributed by atoms with Crippen LogP contribution in [0.2, 0.25) is 0 Å². The fourth-order valence-electron chi connectivity index (χ4n) is 4.33. The van der Waals surface area contributed by atoms with Crippen molar-refractivity contribution in [3.63, 3.8) is 0 Å². The first-order valence-electron chi connectivity index (χ1n) is 6.75. The summed E-state index contributed by atoms with van der Waals surface area (Å²) in [4.78, 5) is 11.8. The quantitative estimate of drug-likeness (QED) is 0.707. The molecule has 2 fully saturated rings. The highest BCUT2D eigenvalue weighted by Gasteiger charge is 2.74. The average molecular weight is 222 g/mol. The molecule has 0 heterocycles. The van der Waals surface area contributed by atoms with Crippen molar-refractivity contribution in [2.75, 3.05) is 0 Å². The van der Waals surface area contributed by atoms with Crippen molar-refractivity contribution in [1.82, 2.24) is 0 Å². The van der Waals surface area contributed by atoms with Crippen LogP contribution >= 0.6 is 0 Å². The number of Topliss-reactive ketones (excluding diaryl/α,β-unsaturated/α-hetero) is 1. The van der Waals surface area contributed by atoms with Crippen molar-refractivity contribution in [3.8, 4) is 0 Å². The molecule has 0 radical (unpaired) electrons. The normalized spacial score (nSPS) is 44.6. The molecule has 0 aromatic heterocycles. The molecule has 0 spiro atoms. The molecule has 16 heavy (non-hydrogen) atoms. The largest absolute Gasteiger partial charge is 0.299 e. The first-order chi connectivity index (χ1) is 7.23. The molecule has 2 rings (SSSR count). The first kappa shape index (κ1) is 12.1. The first-order valence-corrected chi connectivity index (χ1v) is 6.75. The maximum Gasteiger partial charge on any atom is 0.135 e. The van der Waals surface area contributed by atoms with Gasteiger partial charge in [0.15, 0.2) is 0 Å². The fraction of sp³-hybridized carbons (Fsp3) is 0.933. The van der Waals surface area contributed by atoms with Gasteiger partial charge in [0, 0.05) is 12.3 Å². The van der Waals surface area contributed by atoms with E-state index < -0.39 is 0 Å². The van der Waals surface area contributed by atoms with Gasteiger partial charge in [-0.15, -0.1) is 0 Å². The predicted octanol–water partition coefficient (Wildman–Crippen LogP) is 3.92. The van der Waals surface area contributed by atoms with Gasteiger partial charge in [-0.25, -0.2) is 0 Å². The third kappa shape index (κ3) is 1.33. The standard InChI is InChI=1S/C15H26O/c1-9(2)12(16)7-11-8-13-14(4,5)15(13,6)10(11)3/h9-11,13H,7-8H2,1-6H3/t10-,11?,13?,15?/m0/s1. The van der Waals surface area contributed by atoms with Gasteiger partial charge in [-0.05, 0) is 35.0 Å². The Morgan fingerprint density at radius 3 is 2.25 bits per heavy atom. The van der Waals surface area contributed by atoms with Crippen LogP contribution in [0.3, 0.4) is 0 Å². The van der Waals surface area contributed by atoms with Crippen LogP contribution < -0.4 is 0 Å². The minimum atomic E-state index is 0.213. The molecule has 0 N–H and O–H groups in total. The van der Waals surface area contributed by atoms with Crippen LogP contribution in [0.5, 0.6) is 0 Å². The lowest BCUT2D eigenvalue weighted by Gasteiger charge is -2.28. The minimum absolute atomic E-state index is 0.213. The maximum absolute atomic E-state index is 11.8. The lowest BCUT2D eigenvalue weighted by Crippen LogP contribution is -2.24. The molecule has 92 valence electrons. The zero-order chi connectivity index (χ0) is 12.3. The van der Waals surface area contributed by atoms with Crippen molar-refractivity contribution in [2.24, 2.45) is 34.5 Å². The Morgan fingerprint density at radius 1 is 1.31 bits per heavy atom. The molecule has 0 bridgehead atoms. The van der Waals surface area contributed by atoms with Gasteiger partial charge < -0.3 is 0 Å². The molecule has 1 nitrogen and oxygen atoms in total. The second-order valence-electron chi connectivity index (χ2n) is 7.17. The summed E-state index contributed by atoms with van der Waals surface area (Å²) in [5, 5.41) is 0. The molecule has 0 amide bonds. The predicted molar refractivity (Wildman–Crippen MR) is 67.1 cm³/mol. The summed E-state index contributed by atoms with van der Waals surface area (Å²) in [6.45, 7) is 13.6. The Balaban J connectivity index is 2.02. The number of fused-ring (bicyclic) bond motifs is 1. The minimum Gasteiger partial charge on any atom is -0.299 e. The molecule has 0 aromatic carbocycles. The molecular weight excluding hydrogens is 196 g/mol. The Hall–Kier alpha value is -0.330. The number of hydrogen-bond acceptors (Lipinski definition) is 1. The van der Waals surface area contributed by atoms with E-state index >= 15 is 0 Å². The molecular formula is C15H26O. The van der Waals surface area contributed by atoms with Gasteiger partial charge in [-0.1, -0.05) is 41.5 Å². The molecule has 4 atom stereocenters. The van der Waals surface area contributed by atoms with E-state index in [9.17, 15) is 4.79 Å². The van der Waals surface area contributed by atoms with Gasteiger partial charge in [-0.3, -0.25) is 4.79 Å². The number of hydrogen-bond donors (Lipinski definition) is 0. The Morgan fingerprint density at radius 2 is 1.88 bits per heavy atom.